The van der Waals surface area contributed by atoms with Crippen molar-refractivity contribution in [2.75, 3.05) is 30.9 Å². The number of anilines is 1. The highest BCUT2D eigenvalue weighted by Crippen LogP contribution is 2.38. The molecule has 0 fully saturated rings. The molecule has 2 aromatic rings. The van der Waals surface area contributed by atoms with Crippen LogP contribution in [0, 0.1) is 13.8 Å². The van der Waals surface area contributed by atoms with Crippen molar-refractivity contribution in [2.45, 2.75) is 19.0 Å². The monoisotopic (exact) mass is 467 g/mol. The van der Waals surface area contributed by atoms with E-state index in [2.05, 4.69) is 31.2 Å². The molecule has 0 saturated heterocycles. The number of ether oxygens (including phenoxy) is 3. The van der Waals surface area contributed by atoms with Gasteiger partial charge in [0.05, 0.1) is 11.4 Å². The van der Waals surface area contributed by atoms with Crippen LogP contribution in [0.2, 0.25) is 0 Å². The van der Waals surface area contributed by atoms with Crippen molar-refractivity contribution >= 4 is 45.3 Å². The molecule has 0 spiro atoms. The Morgan fingerprint density at radius 2 is 1.79 bits per heavy atom. The molecule has 3 rings (SSSR count). The van der Waals surface area contributed by atoms with Crippen LogP contribution in [-0.2, 0) is 14.3 Å². The molecule has 1 N–H and O–H groups in total. The molecule has 0 bridgehead atoms. The van der Waals surface area contributed by atoms with Crippen LogP contribution in [0.3, 0.4) is 0 Å². The molecule has 1 aliphatic heterocycles. The number of carbonyl (C=O) groups excluding carboxylic acids is 2. The maximum Gasteiger partial charge on any atom is 0.316 e. The quantitative estimate of drug-likeness (QED) is 0.393. The summed E-state index contributed by atoms with van der Waals surface area (Å²) in [6.45, 7) is 4.25. The van der Waals surface area contributed by atoms with E-state index >= 15 is 0 Å². The zero-order valence-corrected chi connectivity index (χ0v) is 17.7. The minimum Gasteiger partial charge on any atom is -0.486 e. The van der Waals surface area contributed by atoms with Gasteiger partial charge in [-0.25, -0.2) is 9.97 Å². The van der Waals surface area contributed by atoms with Crippen molar-refractivity contribution < 1.29 is 23.8 Å². The molecule has 1 aliphatic rings. The summed E-state index contributed by atoms with van der Waals surface area (Å²) in [6, 6.07) is 5.23. The molecule has 1 aromatic heterocycles. The summed E-state index contributed by atoms with van der Waals surface area (Å²) in [5.74, 6) is 0.187. The maximum absolute atomic E-state index is 12.1. The fourth-order valence-corrected chi connectivity index (χ4v) is 3.58. The van der Waals surface area contributed by atoms with Gasteiger partial charge in [-0.3, -0.25) is 9.59 Å². The number of fused-ring (bicyclic) bond motifs is 1. The van der Waals surface area contributed by atoms with Gasteiger partial charge in [-0.2, -0.15) is 0 Å². The van der Waals surface area contributed by atoms with Crippen LogP contribution in [0.4, 0.5) is 5.69 Å². The first-order chi connectivity index (χ1) is 13.4. The average molecular weight is 468 g/mol. The summed E-state index contributed by atoms with van der Waals surface area (Å²) in [7, 11) is 0. The van der Waals surface area contributed by atoms with Gasteiger partial charge in [0.2, 0.25) is 0 Å². The third-order valence-corrected chi connectivity index (χ3v) is 5.03. The molecule has 8 nitrogen and oxygen atoms in total. The third-order valence-electron chi connectivity index (χ3n) is 3.55. The number of nitrogens with zero attached hydrogens (tertiary/aromatic N) is 2. The lowest BCUT2D eigenvalue weighted by Gasteiger charge is -2.20. The Morgan fingerprint density at radius 1 is 1.14 bits per heavy atom. The first-order valence-electron chi connectivity index (χ1n) is 8.40. The van der Waals surface area contributed by atoms with E-state index in [0.717, 1.165) is 23.1 Å². The predicted molar refractivity (Wildman–Crippen MR) is 107 cm³/mol. The van der Waals surface area contributed by atoms with Crippen molar-refractivity contribution in [2.24, 2.45) is 0 Å². The fourth-order valence-electron chi connectivity index (χ4n) is 2.42. The number of benzene rings is 1. The number of rotatable bonds is 6. The molecule has 1 aromatic carbocycles. The van der Waals surface area contributed by atoms with Crippen LogP contribution in [0.1, 0.15) is 11.4 Å². The Balaban J connectivity index is 1.48. The van der Waals surface area contributed by atoms with Crippen LogP contribution in [-0.4, -0.2) is 47.4 Å². The van der Waals surface area contributed by atoms with Crippen LogP contribution < -0.4 is 14.8 Å². The second-order valence-electron chi connectivity index (χ2n) is 5.91. The summed E-state index contributed by atoms with van der Waals surface area (Å²) in [6.07, 6.45) is 0. The molecule has 0 unspecified atom stereocenters. The van der Waals surface area contributed by atoms with E-state index in [9.17, 15) is 9.59 Å². The molecular weight excluding hydrogens is 450 g/mol. The van der Waals surface area contributed by atoms with E-state index in [4.69, 9.17) is 14.2 Å². The predicted octanol–water partition coefficient (Wildman–Crippen LogP) is 2.90. The Morgan fingerprint density at radius 3 is 2.46 bits per heavy atom. The Labute approximate surface area is 174 Å². The topological polar surface area (TPSA) is 99.6 Å². The fraction of sp³-hybridized carbons (Fsp3) is 0.333. The van der Waals surface area contributed by atoms with Gasteiger partial charge >= 0.3 is 5.97 Å². The lowest BCUT2D eigenvalue weighted by molar-refractivity contribution is -0.144. The summed E-state index contributed by atoms with van der Waals surface area (Å²) >= 11 is 4.54. The number of thioether (sulfide) groups is 1. The number of halogens is 1. The smallest absolute Gasteiger partial charge is 0.316 e. The van der Waals surface area contributed by atoms with Gasteiger partial charge in [-0.05, 0) is 35.8 Å². The normalized spacial score (nSPS) is 12.4. The van der Waals surface area contributed by atoms with Gasteiger partial charge in [0.25, 0.3) is 5.91 Å². The largest absolute Gasteiger partial charge is 0.486 e. The lowest BCUT2D eigenvalue weighted by atomic mass is 10.2. The number of aryl methyl sites for hydroxylation is 2. The standard InChI is InChI=1S/C18H18BrN3O5S/c1-10-5-11(2)21-18(20-10)28-9-17(24)27-8-16(23)22-13-7-15-14(6-12(13)19)25-3-4-26-15/h5-7H,3-4,8-9H2,1-2H3,(H,22,23). The summed E-state index contributed by atoms with van der Waals surface area (Å²) in [5.41, 5.74) is 2.16. The van der Waals surface area contributed by atoms with Gasteiger partial charge in [-0.1, -0.05) is 11.8 Å². The first kappa shape index (κ1) is 20.4. The Kier molecular flexibility index (Phi) is 6.74. The number of carbonyl (C=O) groups is 2. The summed E-state index contributed by atoms with van der Waals surface area (Å²) in [5, 5.41) is 3.17. The van der Waals surface area contributed by atoms with Crippen molar-refractivity contribution in [1.29, 1.82) is 0 Å². The Bertz CT molecular complexity index is 889. The molecule has 0 saturated carbocycles. The number of hydrogen-bond donors (Lipinski definition) is 1. The highest BCUT2D eigenvalue weighted by molar-refractivity contribution is 9.10. The van der Waals surface area contributed by atoms with Crippen molar-refractivity contribution in [1.82, 2.24) is 9.97 Å². The minimum absolute atomic E-state index is 0.0177. The molecule has 0 radical (unpaired) electrons. The van der Waals surface area contributed by atoms with E-state index in [1.54, 1.807) is 12.1 Å². The zero-order chi connectivity index (χ0) is 20.1. The van der Waals surface area contributed by atoms with Crippen molar-refractivity contribution in [3.63, 3.8) is 0 Å². The number of hydrogen-bond acceptors (Lipinski definition) is 8. The van der Waals surface area contributed by atoms with E-state index in [1.807, 2.05) is 19.9 Å². The van der Waals surface area contributed by atoms with Crippen LogP contribution >= 0.6 is 27.7 Å². The van der Waals surface area contributed by atoms with E-state index < -0.39 is 18.5 Å². The molecule has 2 heterocycles. The second kappa shape index (κ2) is 9.24. The minimum atomic E-state index is -0.524. The summed E-state index contributed by atoms with van der Waals surface area (Å²) in [4.78, 5) is 32.4. The first-order valence-corrected chi connectivity index (χ1v) is 10.2. The van der Waals surface area contributed by atoms with E-state index in [-0.39, 0.29) is 5.75 Å². The number of aromatic nitrogens is 2. The van der Waals surface area contributed by atoms with Crippen molar-refractivity contribution in [3.8, 4) is 11.5 Å². The van der Waals surface area contributed by atoms with Crippen LogP contribution in [0.15, 0.2) is 27.8 Å². The highest BCUT2D eigenvalue weighted by atomic mass is 79.9. The van der Waals surface area contributed by atoms with E-state index in [1.165, 1.54) is 0 Å². The van der Waals surface area contributed by atoms with Crippen LogP contribution in [0.5, 0.6) is 11.5 Å². The highest BCUT2D eigenvalue weighted by Gasteiger charge is 2.17. The molecule has 0 aliphatic carbocycles. The van der Waals surface area contributed by atoms with Gasteiger partial charge < -0.3 is 19.5 Å². The summed E-state index contributed by atoms with van der Waals surface area (Å²) < 4.78 is 16.6. The molecule has 10 heteroatoms. The molecule has 1 amide bonds. The number of esters is 1. The van der Waals surface area contributed by atoms with Gasteiger partial charge in [-0.15, -0.1) is 0 Å². The van der Waals surface area contributed by atoms with Crippen molar-refractivity contribution in [3.05, 3.63) is 34.1 Å². The number of nitrogens with one attached hydrogen (secondary N) is 1. The molecule has 148 valence electrons. The maximum atomic E-state index is 12.1. The Hall–Kier alpha value is -2.33. The SMILES string of the molecule is Cc1cc(C)nc(SCC(=O)OCC(=O)Nc2cc3c(cc2Br)OCCO3)n1. The van der Waals surface area contributed by atoms with Gasteiger partial charge in [0.1, 0.15) is 13.2 Å². The lowest BCUT2D eigenvalue weighted by Crippen LogP contribution is -2.22. The van der Waals surface area contributed by atoms with Crippen LogP contribution in [0.25, 0.3) is 0 Å². The zero-order valence-electron chi connectivity index (χ0n) is 15.3. The molecule has 0 atom stereocenters. The average Bonchev–Trinajstić information content (AvgIpc) is 2.64. The second-order valence-corrected chi connectivity index (χ2v) is 7.70. The molecule has 28 heavy (non-hydrogen) atoms. The third kappa shape index (κ3) is 5.59. The molecular formula is C18H18BrN3O5S. The van der Waals surface area contributed by atoms with Gasteiger partial charge in [0.15, 0.2) is 23.3 Å². The van der Waals surface area contributed by atoms with Gasteiger partial charge in [0, 0.05) is 28.0 Å². The number of amides is 1. The van der Waals surface area contributed by atoms with E-state index in [0.29, 0.717) is 40.0 Å².